The molecule has 1 atom stereocenters. The summed E-state index contributed by atoms with van der Waals surface area (Å²) < 4.78 is 0. The van der Waals surface area contributed by atoms with Gasteiger partial charge in [-0.2, -0.15) is 0 Å². The minimum atomic E-state index is -0.211. The number of nitrogens with zero attached hydrogens (tertiary/aromatic N) is 1. The largest absolute Gasteiger partial charge is 0.349 e. The first-order valence-corrected chi connectivity index (χ1v) is 5.75. The monoisotopic (exact) mass is 244 g/mol. The smallest absolute Gasteiger partial charge is 0.269 e. The molecule has 0 aliphatic heterocycles. The normalized spacial score (nSPS) is 12.1. The first-order chi connectivity index (χ1) is 8.66. The van der Waals surface area contributed by atoms with Crippen LogP contribution >= 0.6 is 0 Å². The molecule has 0 radical (unpaired) electrons. The third-order valence-electron chi connectivity index (χ3n) is 2.73. The van der Waals surface area contributed by atoms with Crippen LogP contribution in [-0.4, -0.2) is 22.4 Å². The van der Waals surface area contributed by atoms with Gasteiger partial charge in [-0.1, -0.05) is 29.8 Å². The number of nitrogens with two attached hydrogens (primary N) is 1. The average molecular weight is 244 g/mol. The van der Waals surface area contributed by atoms with Crippen LogP contribution in [0.5, 0.6) is 0 Å². The van der Waals surface area contributed by atoms with Crippen LogP contribution in [0.4, 0.5) is 0 Å². The zero-order valence-electron chi connectivity index (χ0n) is 10.2. The lowest BCUT2D eigenvalue weighted by atomic mass is 10.1. The highest BCUT2D eigenvalue weighted by molar-refractivity contribution is 5.91. The van der Waals surface area contributed by atoms with Gasteiger partial charge in [0.25, 0.3) is 5.91 Å². The van der Waals surface area contributed by atoms with Gasteiger partial charge in [-0.25, -0.2) is 4.98 Å². The Balaban J connectivity index is 1.90. The molecule has 1 aromatic carbocycles. The fourth-order valence-electron chi connectivity index (χ4n) is 1.61. The highest BCUT2D eigenvalue weighted by Crippen LogP contribution is 2.10. The molecule has 2 aromatic rings. The molecule has 4 N–H and O–H groups in total. The lowest BCUT2D eigenvalue weighted by Gasteiger charge is -2.13. The van der Waals surface area contributed by atoms with E-state index in [-0.39, 0.29) is 11.9 Å². The average Bonchev–Trinajstić information content (AvgIpc) is 2.90. The van der Waals surface area contributed by atoms with Gasteiger partial charge in [0.1, 0.15) is 5.69 Å². The van der Waals surface area contributed by atoms with Crippen molar-refractivity contribution in [2.45, 2.75) is 13.0 Å². The number of hydrogen-bond acceptors (Lipinski definition) is 3. The number of H-pyrrole nitrogens is 1. The van der Waals surface area contributed by atoms with Crippen molar-refractivity contribution in [1.82, 2.24) is 15.3 Å². The standard InChI is InChI=1S/C13H16N4O/c1-9-2-4-10(5-3-9)11(14)6-16-13(18)12-7-15-8-17-12/h2-5,7-8,11H,6,14H2,1H3,(H,15,17)(H,16,18). The number of imidazole rings is 1. The van der Waals surface area contributed by atoms with Gasteiger partial charge < -0.3 is 16.0 Å². The Morgan fingerprint density at radius 1 is 1.44 bits per heavy atom. The molecule has 0 saturated carbocycles. The maximum Gasteiger partial charge on any atom is 0.269 e. The van der Waals surface area contributed by atoms with Gasteiger partial charge in [0.15, 0.2) is 0 Å². The molecule has 0 aliphatic rings. The van der Waals surface area contributed by atoms with Crippen LogP contribution in [-0.2, 0) is 0 Å². The molecule has 1 aromatic heterocycles. The molecule has 0 bridgehead atoms. The Kier molecular flexibility index (Phi) is 3.74. The number of aromatic amines is 1. The number of carbonyl (C=O) groups is 1. The Bertz CT molecular complexity index is 504. The Hall–Kier alpha value is -2.14. The van der Waals surface area contributed by atoms with E-state index in [1.54, 1.807) is 0 Å². The van der Waals surface area contributed by atoms with Crippen molar-refractivity contribution in [2.75, 3.05) is 6.54 Å². The van der Waals surface area contributed by atoms with Crippen LogP contribution in [0.15, 0.2) is 36.8 Å². The first kappa shape index (κ1) is 12.3. The Morgan fingerprint density at radius 3 is 2.78 bits per heavy atom. The zero-order chi connectivity index (χ0) is 13.0. The zero-order valence-corrected chi connectivity index (χ0v) is 10.2. The quantitative estimate of drug-likeness (QED) is 0.754. The van der Waals surface area contributed by atoms with E-state index >= 15 is 0 Å². The number of aryl methyl sites for hydroxylation is 1. The highest BCUT2D eigenvalue weighted by Gasteiger charge is 2.10. The van der Waals surface area contributed by atoms with Gasteiger partial charge >= 0.3 is 0 Å². The molecule has 2 rings (SSSR count). The number of aromatic nitrogens is 2. The van der Waals surface area contributed by atoms with Crippen LogP contribution in [0.3, 0.4) is 0 Å². The molecule has 1 heterocycles. The summed E-state index contributed by atoms with van der Waals surface area (Å²) in [6.07, 6.45) is 2.95. The number of nitrogens with one attached hydrogen (secondary N) is 2. The number of carbonyl (C=O) groups excluding carboxylic acids is 1. The fraction of sp³-hybridized carbons (Fsp3) is 0.231. The van der Waals surface area contributed by atoms with Crippen molar-refractivity contribution in [1.29, 1.82) is 0 Å². The Morgan fingerprint density at radius 2 is 2.17 bits per heavy atom. The SMILES string of the molecule is Cc1ccc(C(N)CNC(=O)c2cnc[nH]2)cc1. The topological polar surface area (TPSA) is 83.8 Å². The van der Waals surface area contributed by atoms with Crippen LogP contribution in [0.2, 0.25) is 0 Å². The van der Waals surface area contributed by atoms with E-state index in [1.807, 2.05) is 31.2 Å². The molecule has 18 heavy (non-hydrogen) atoms. The van der Waals surface area contributed by atoms with Gasteiger partial charge in [-0.05, 0) is 12.5 Å². The predicted molar refractivity (Wildman–Crippen MR) is 69.0 cm³/mol. The van der Waals surface area contributed by atoms with Crippen molar-refractivity contribution in [3.05, 3.63) is 53.6 Å². The highest BCUT2D eigenvalue weighted by atomic mass is 16.1. The summed E-state index contributed by atoms with van der Waals surface area (Å²) in [5.74, 6) is -0.199. The second kappa shape index (κ2) is 5.46. The summed E-state index contributed by atoms with van der Waals surface area (Å²) in [7, 11) is 0. The molecular formula is C13H16N4O. The molecule has 5 nitrogen and oxygen atoms in total. The summed E-state index contributed by atoms with van der Waals surface area (Å²) in [5, 5.41) is 2.76. The molecule has 5 heteroatoms. The molecule has 0 spiro atoms. The second-order valence-electron chi connectivity index (χ2n) is 4.19. The Labute approximate surface area is 105 Å². The third-order valence-corrected chi connectivity index (χ3v) is 2.73. The molecule has 0 saturated heterocycles. The molecule has 0 fully saturated rings. The van der Waals surface area contributed by atoms with Crippen LogP contribution in [0.1, 0.15) is 27.7 Å². The molecule has 0 aliphatic carbocycles. The summed E-state index contributed by atoms with van der Waals surface area (Å²) in [5.41, 5.74) is 8.63. The van der Waals surface area contributed by atoms with Crippen molar-refractivity contribution in [2.24, 2.45) is 5.73 Å². The fourth-order valence-corrected chi connectivity index (χ4v) is 1.61. The predicted octanol–water partition coefficient (Wildman–Crippen LogP) is 1.15. The number of rotatable bonds is 4. The van der Waals surface area contributed by atoms with Crippen molar-refractivity contribution in [3.63, 3.8) is 0 Å². The van der Waals surface area contributed by atoms with E-state index in [0.717, 1.165) is 5.56 Å². The van der Waals surface area contributed by atoms with Gasteiger partial charge in [0, 0.05) is 12.6 Å². The molecule has 1 unspecified atom stereocenters. The van der Waals surface area contributed by atoms with Gasteiger partial charge in [-0.15, -0.1) is 0 Å². The molecule has 1 amide bonds. The van der Waals surface area contributed by atoms with Crippen LogP contribution in [0.25, 0.3) is 0 Å². The van der Waals surface area contributed by atoms with Gasteiger partial charge in [-0.3, -0.25) is 4.79 Å². The minimum Gasteiger partial charge on any atom is -0.349 e. The summed E-state index contributed by atoms with van der Waals surface area (Å²) in [4.78, 5) is 18.2. The number of amides is 1. The summed E-state index contributed by atoms with van der Waals surface area (Å²) >= 11 is 0. The molecule has 94 valence electrons. The van der Waals surface area contributed by atoms with Crippen molar-refractivity contribution >= 4 is 5.91 Å². The van der Waals surface area contributed by atoms with E-state index < -0.39 is 0 Å². The second-order valence-corrected chi connectivity index (χ2v) is 4.19. The van der Waals surface area contributed by atoms with E-state index in [0.29, 0.717) is 12.2 Å². The van der Waals surface area contributed by atoms with Crippen LogP contribution in [0, 0.1) is 6.92 Å². The van der Waals surface area contributed by atoms with Crippen molar-refractivity contribution < 1.29 is 4.79 Å². The minimum absolute atomic E-state index is 0.199. The van der Waals surface area contributed by atoms with Crippen LogP contribution < -0.4 is 11.1 Å². The third kappa shape index (κ3) is 2.95. The van der Waals surface area contributed by atoms with E-state index in [4.69, 9.17) is 5.73 Å². The maximum absolute atomic E-state index is 11.7. The number of hydrogen-bond donors (Lipinski definition) is 3. The van der Waals surface area contributed by atoms with E-state index in [1.165, 1.54) is 18.1 Å². The lowest BCUT2D eigenvalue weighted by Crippen LogP contribution is -2.32. The van der Waals surface area contributed by atoms with Gasteiger partial charge in [0.2, 0.25) is 0 Å². The maximum atomic E-state index is 11.7. The first-order valence-electron chi connectivity index (χ1n) is 5.75. The number of benzene rings is 1. The van der Waals surface area contributed by atoms with Crippen molar-refractivity contribution in [3.8, 4) is 0 Å². The lowest BCUT2D eigenvalue weighted by molar-refractivity contribution is 0.0946. The van der Waals surface area contributed by atoms with E-state index in [2.05, 4.69) is 15.3 Å². The summed E-state index contributed by atoms with van der Waals surface area (Å²) in [6, 6.07) is 7.75. The van der Waals surface area contributed by atoms with E-state index in [9.17, 15) is 4.79 Å². The van der Waals surface area contributed by atoms with Gasteiger partial charge in [0.05, 0.1) is 12.5 Å². The molecular weight excluding hydrogens is 228 g/mol. The summed E-state index contributed by atoms with van der Waals surface area (Å²) in [6.45, 7) is 2.41.